The van der Waals surface area contributed by atoms with Gasteiger partial charge < -0.3 is 29.2 Å². The summed E-state index contributed by atoms with van der Waals surface area (Å²) >= 11 is 0. The van der Waals surface area contributed by atoms with Crippen LogP contribution in [0.15, 0.2) is 59.5 Å². The van der Waals surface area contributed by atoms with Crippen molar-refractivity contribution in [2.45, 2.75) is 24.7 Å². The zero-order chi connectivity index (χ0) is 29.7. The van der Waals surface area contributed by atoms with Crippen LogP contribution >= 0.6 is 0 Å². The SMILES string of the molecule is COc1ccc(OC)c(N(CC(=O)Nc2ccc(C)c(N3CCCC3=O)c2)S(=O)(=O)c2ccc(OC)c(OC)c2)c1. The number of hydrogen-bond donors (Lipinski definition) is 1. The summed E-state index contributed by atoms with van der Waals surface area (Å²) in [6, 6.07) is 14.1. The molecule has 12 heteroatoms. The number of ether oxygens (including phenoxy) is 4. The number of nitrogens with zero attached hydrogens (tertiary/aromatic N) is 2. The monoisotopic (exact) mass is 583 g/mol. The van der Waals surface area contributed by atoms with Crippen LogP contribution in [-0.4, -0.2) is 61.8 Å². The van der Waals surface area contributed by atoms with Gasteiger partial charge in [-0.15, -0.1) is 0 Å². The summed E-state index contributed by atoms with van der Waals surface area (Å²) < 4.78 is 50.4. The van der Waals surface area contributed by atoms with Gasteiger partial charge >= 0.3 is 0 Å². The topological polar surface area (TPSA) is 124 Å². The smallest absolute Gasteiger partial charge is 0.265 e. The molecule has 0 bridgehead atoms. The van der Waals surface area contributed by atoms with Crippen LogP contribution in [-0.2, 0) is 19.6 Å². The molecule has 218 valence electrons. The van der Waals surface area contributed by atoms with Crippen molar-refractivity contribution in [2.24, 2.45) is 0 Å². The van der Waals surface area contributed by atoms with E-state index in [0.29, 0.717) is 35.8 Å². The molecule has 11 nitrogen and oxygen atoms in total. The Bertz CT molecular complexity index is 1560. The quantitative estimate of drug-likeness (QED) is 0.360. The molecule has 1 N–H and O–H groups in total. The van der Waals surface area contributed by atoms with Crippen LogP contribution in [0.4, 0.5) is 17.1 Å². The number of sulfonamides is 1. The van der Waals surface area contributed by atoms with E-state index in [1.807, 2.05) is 6.92 Å². The van der Waals surface area contributed by atoms with Crippen LogP contribution in [0.2, 0.25) is 0 Å². The van der Waals surface area contributed by atoms with Crippen LogP contribution in [0.25, 0.3) is 0 Å². The molecule has 1 aliphatic rings. The highest BCUT2D eigenvalue weighted by molar-refractivity contribution is 7.92. The molecule has 0 spiro atoms. The fraction of sp³-hybridized carbons (Fsp3) is 0.310. The maximum absolute atomic E-state index is 14.1. The first-order chi connectivity index (χ1) is 19.6. The van der Waals surface area contributed by atoms with E-state index >= 15 is 0 Å². The second kappa shape index (κ2) is 12.4. The molecule has 3 aromatic rings. The number of carbonyl (C=O) groups is 2. The summed E-state index contributed by atoms with van der Waals surface area (Å²) in [4.78, 5) is 27.3. The number of methoxy groups -OCH3 is 4. The Morgan fingerprint density at radius 2 is 1.61 bits per heavy atom. The Kier molecular flexibility index (Phi) is 8.92. The van der Waals surface area contributed by atoms with Crippen molar-refractivity contribution in [3.63, 3.8) is 0 Å². The van der Waals surface area contributed by atoms with Crippen LogP contribution in [0.5, 0.6) is 23.0 Å². The second-order valence-corrected chi connectivity index (χ2v) is 11.1. The number of carbonyl (C=O) groups excluding carboxylic acids is 2. The highest BCUT2D eigenvalue weighted by atomic mass is 32.2. The van der Waals surface area contributed by atoms with Gasteiger partial charge in [-0.1, -0.05) is 6.07 Å². The number of benzene rings is 3. The van der Waals surface area contributed by atoms with Crippen LogP contribution in [0, 0.1) is 6.92 Å². The maximum atomic E-state index is 14.1. The lowest BCUT2D eigenvalue weighted by atomic mass is 10.1. The predicted molar refractivity (Wildman–Crippen MR) is 155 cm³/mol. The number of aryl methyl sites for hydroxylation is 1. The molecule has 1 aliphatic heterocycles. The van der Waals surface area contributed by atoms with E-state index in [4.69, 9.17) is 18.9 Å². The molecule has 0 radical (unpaired) electrons. The fourth-order valence-corrected chi connectivity index (χ4v) is 6.05. The van der Waals surface area contributed by atoms with Crippen LogP contribution < -0.4 is 33.5 Å². The molecule has 0 saturated carbocycles. The number of rotatable bonds is 11. The van der Waals surface area contributed by atoms with Crippen LogP contribution in [0.1, 0.15) is 18.4 Å². The zero-order valence-corrected chi connectivity index (χ0v) is 24.4. The van der Waals surface area contributed by atoms with Crippen molar-refractivity contribution >= 4 is 38.9 Å². The van der Waals surface area contributed by atoms with Crippen molar-refractivity contribution in [1.82, 2.24) is 0 Å². The minimum absolute atomic E-state index is 0.0221. The maximum Gasteiger partial charge on any atom is 0.265 e. The van der Waals surface area contributed by atoms with Gasteiger partial charge in [0.1, 0.15) is 18.0 Å². The standard InChI is InChI=1S/C29H33N3O8S/c1-19-8-9-20(15-23(19)31-14-6-7-29(31)34)30-28(33)18-32(24-16-21(37-2)10-12-25(24)38-3)41(35,36)22-11-13-26(39-4)27(17-22)40-5/h8-13,15-17H,6-7,14,18H2,1-5H3,(H,30,33). The van der Waals surface area contributed by atoms with Crippen LogP contribution in [0.3, 0.4) is 0 Å². The van der Waals surface area contributed by atoms with Gasteiger partial charge in [-0.25, -0.2) is 8.42 Å². The van der Waals surface area contributed by atoms with E-state index in [0.717, 1.165) is 16.3 Å². The Balaban J connectivity index is 1.73. The third-order valence-corrected chi connectivity index (χ3v) is 8.50. The molecule has 0 atom stereocenters. The third kappa shape index (κ3) is 6.17. The Labute approximate surface area is 239 Å². The van der Waals surface area contributed by atoms with E-state index in [-0.39, 0.29) is 28.0 Å². The van der Waals surface area contributed by atoms with Crippen molar-refractivity contribution < 1.29 is 37.0 Å². The van der Waals surface area contributed by atoms with Crippen molar-refractivity contribution in [1.29, 1.82) is 0 Å². The van der Waals surface area contributed by atoms with Crippen molar-refractivity contribution in [3.8, 4) is 23.0 Å². The molecule has 0 aromatic heterocycles. The number of anilines is 3. The fourth-order valence-electron chi connectivity index (χ4n) is 4.61. The van der Waals surface area contributed by atoms with E-state index in [1.54, 1.807) is 35.2 Å². The van der Waals surface area contributed by atoms with Gasteiger partial charge in [0, 0.05) is 36.5 Å². The summed E-state index contributed by atoms with van der Waals surface area (Å²) in [5.41, 5.74) is 2.12. The molecule has 3 aromatic carbocycles. The summed E-state index contributed by atoms with van der Waals surface area (Å²) in [7, 11) is 1.35. The van der Waals surface area contributed by atoms with E-state index in [9.17, 15) is 18.0 Å². The summed E-state index contributed by atoms with van der Waals surface area (Å²) in [5, 5.41) is 2.78. The van der Waals surface area contributed by atoms with Gasteiger partial charge in [0.15, 0.2) is 11.5 Å². The van der Waals surface area contributed by atoms with Gasteiger partial charge in [0.25, 0.3) is 10.0 Å². The average Bonchev–Trinajstić information content (AvgIpc) is 3.41. The largest absolute Gasteiger partial charge is 0.497 e. The van der Waals surface area contributed by atoms with Gasteiger partial charge in [0.05, 0.1) is 39.0 Å². The van der Waals surface area contributed by atoms with E-state index in [2.05, 4.69) is 5.32 Å². The summed E-state index contributed by atoms with van der Waals surface area (Å²) in [6.45, 7) is 1.90. The van der Waals surface area contributed by atoms with Gasteiger partial charge in [-0.2, -0.15) is 0 Å². The molecule has 1 heterocycles. The lowest BCUT2D eigenvalue weighted by Crippen LogP contribution is -2.38. The highest BCUT2D eigenvalue weighted by Crippen LogP contribution is 2.38. The first-order valence-corrected chi connectivity index (χ1v) is 14.2. The first-order valence-electron chi connectivity index (χ1n) is 12.8. The Hall–Kier alpha value is -4.45. The first kappa shape index (κ1) is 29.5. The molecule has 41 heavy (non-hydrogen) atoms. The van der Waals surface area contributed by atoms with E-state index in [1.165, 1.54) is 52.7 Å². The lowest BCUT2D eigenvalue weighted by Gasteiger charge is -2.26. The molecular weight excluding hydrogens is 550 g/mol. The van der Waals surface area contributed by atoms with Gasteiger partial charge in [-0.05, 0) is 55.3 Å². The minimum Gasteiger partial charge on any atom is -0.497 e. The number of nitrogens with one attached hydrogen (secondary N) is 1. The molecule has 4 rings (SSSR count). The highest BCUT2D eigenvalue weighted by Gasteiger charge is 2.31. The van der Waals surface area contributed by atoms with Gasteiger partial charge in [0.2, 0.25) is 11.8 Å². The number of amides is 2. The Morgan fingerprint density at radius 3 is 2.24 bits per heavy atom. The molecular formula is C29H33N3O8S. The summed E-state index contributed by atoms with van der Waals surface area (Å²) in [6.07, 6.45) is 1.24. The average molecular weight is 584 g/mol. The Morgan fingerprint density at radius 1 is 0.902 bits per heavy atom. The molecule has 1 fully saturated rings. The normalized spacial score (nSPS) is 13.1. The lowest BCUT2D eigenvalue weighted by molar-refractivity contribution is -0.117. The minimum atomic E-state index is -4.34. The van der Waals surface area contributed by atoms with Gasteiger partial charge in [-0.3, -0.25) is 13.9 Å². The van der Waals surface area contributed by atoms with Crippen molar-refractivity contribution in [3.05, 3.63) is 60.2 Å². The third-order valence-electron chi connectivity index (χ3n) is 6.74. The second-order valence-electron chi connectivity index (χ2n) is 9.26. The predicted octanol–water partition coefficient (Wildman–Crippen LogP) is 3.99. The number of hydrogen-bond acceptors (Lipinski definition) is 8. The molecule has 1 saturated heterocycles. The molecule has 0 unspecified atom stereocenters. The van der Waals surface area contributed by atoms with E-state index < -0.39 is 22.5 Å². The summed E-state index contributed by atoms with van der Waals surface area (Å²) in [5.74, 6) is 0.552. The molecule has 2 amide bonds. The zero-order valence-electron chi connectivity index (χ0n) is 23.6. The van der Waals surface area contributed by atoms with Crippen molar-refractivity contribution in [2.75, 3.05) is 56.1 Å². The molecule has 0 aliphatic carbocycles.